The van der Waals surface area contributed by atoms with Crippen molar-refractivity contribution in [1.82, 2.24) is 19.7 Å². The highest BCUT2D eigenvalue weighted by molar-refractivity contribution is 5.42. The molecule has 0 saturated carbocycles. The number of rotatable bonds is 5. The maximum absolute atomic E-state index is 4.60. The standard InChI is InChI=1S/C14H21N5/c1-5-7-12-16-13(15-6-2)9-14(17-12)19-11(4)8-10(3)18-19/h8-9H,5-7H2,1-4H3,(H,15,16,17). The number of nitrogens with one attached hydrogen (secondary N) is 1. The Morgan fingerprint density at radius 1 is 1.16 bits per heavy atom. The zero-order valence-corrected chi connectivity index (χ0v) is 12.1. The fourth-order valence-corrected chi connectivity index (χ4v) is 2.06. The van der Waals surface area contributed by atoms with Crippen molar-refractivity contribution < 1.29 is 0 Å². The molecule has 0 radical (unpaired) electrons. The molecule has 0 unspecified atom stereocenters. The molecular formula is C14H21N5. The number of nitrogens with zero attached hydrogens (tertiary/aromatic N) is 4. The summed E-state index contributed by atoms with van der Waals surface area (Å²) in [4.78, 5) is 9.11. The summed E-state index contributed by atoms with van der Waals surface area (Å²) in [6.07, 6.45) is 1.91. The zero-order chi connectivity index (χ0) is 13.8. The van der Waals surface area contributed by atoms with Crippen molar-refractivity contribution in [1.29, 1.82) is 0 Å². The molecule has 19 heavy (non-hydrogen) atoms. The van der Waals surface area contributed by atoms with Crippen LogP contribution in [0.15, 0.2) is 12.1 Å². The van der Waals surface area contributed by atoms with Crippen LogP contribution in [0.1, 0.15) is 37.5 Å². The third-order valence-corrected chi connectivity index (χ3v) is 2.82. The second-order valence-electron chi connectivity index (χ2n) is 4.65. The maximum Gasteiger partial charge on any atom is 0.159 e. The fraction of sp³-hybridized carbons (Fsp3) is 0.500. The van der Waals surface area contributed by atoms with Gasteiger partial charge >= 0.3 is 0 Å². The summed E-state index contributed by atoms with van der Waals surface area (Å²) in [5, 5.41) is 7.73. The molecule has 0 aliphatic heterocycles. The van der Waals surface area contributed by atoms with Gasteiger partial charge in [-0.15, -0.1) is 0 Å². The normalized spacial score (nSPS) is 10.7. The van der Waals surface area contributed by atoms with Crippen LogP contribution in [-0.2, 0) is 6.42 Å². The van der Waals surface area contributed by atoms with E-state index in [1.165, 1.54) is 0 Å². The van der Waals surface area contributed by atoms with E-state index in [0.717, 1.165) is 48.2 Å². The Morgan fingerprint density at radius 2 is 1.95 bits per heavy atom. The van der Waals surface area contributed by atoms with Crippen LogP contribution < -0.4 is 5.32 Å². The minimum atomic E-state index is 0.833. The molecule has 2 heterocycles. The Balaban J connectivity index is 2.46. The molecule has 2 rings (SSSR count). The number of aromatic nitrogens is 4. The van der Waals surface area contributed by atoms with Crippen LogP contribution in [0.5, 0.6) is 0 Å². The van der Waals surface area contributed by atoms with E-state index >= 15 is 0 Å². The Kier molecular flexibility index (Phi) is 4.14. The lowest BCUT2D eigenvalue weighted by Crippen LogP contribution is -2.09. The van der Waals surface area contributed by atoms with E-state index in [4.69, 9.17) is 0 Å². The molecule has 0 bridgehead atoms. The van der Waals surface area contributed by atoms with Gasteiger partial charge in [0.1, 0.15) is 11.6 Å². The van der Waals surface area contributed by atoms with Gasteiger partial charge in [0, 0.05) is 24.7 Å². The first-order valence-corrected chi connectivity index (χ1v) is 6.79. The predicted molar refractivity (Wildman–Crippen MR) is 76.8 cm³/mol. The molecule has 0 saturated heterocycles. The van der Waals surface area contributed by atoms with Gasteiger partial charge in [0.15, 0.2) is 5.82 Å². The third kappa shape index (κ3) is 3.10. The molecule has 0 aliphatic carbocycles. The Labute approximate surface area is 114 Å². The molecule has 0 fully saturated rings. The fourth-order valence-electron chi connectivity index (χ4n) is 2.06. The van der Waals surface area contributed by atoms with Crippen LogP contribution in [0.4, 0.5) is 5.82 Å². The van der Waals surface area contributed by atoms with Gasteiger partial charge < -0.3 is 5.32 Å². The summed E-state index contributed by atoms with van der Waals surface area (Å²) in [5.41, 5.74) is 2.08. The molecule has 5 heteroatoms. The van der Waals surface area contributed by atoms with Crippen molar-refractivity contribution in [2.45, 2.75) is 40.5 Å². The monoisotopic (exact) mass is 259 g/mol. The van der Waals surface area contributed by atoms with E-state index in [9.17, 15) is 0 Å². The van der Waals surface area contributed by atoms with Crippen LogP contribution >= 0.6 is 0 Å². The van der Waals surface area contributed by atoms with Gasteiger partial charge in [0.25, 0.3) is 0 Å². The van der Waals surface area contributed by atoms with E-state index in [0.29, 0.717) is 0 Å². The molecule has 2 aromatic rings. The number of hydrogen-bond donors (Lipinski definition) is 1. The van der Waals surface area contributed by atoms with Crippen molar-refractivity contribution in [2.75, 3.05) is 11.9 Å². The molecule has 0 atom stereocenters. The van der Waals surface area contributed by atoms with Crippen LogP contribution in [0.25, 0.3) is 5.82 Å². The van der Waals surface area contributed by atoms with Crippen LogP contribution in [0.2, 0.25) is 0 Å². The molecule has 102 valence electrons. The van der Waals surface area contributed by atoms with E-state index < -0.39 is 0 Å². The number of hydrogen-bond acceptors (Lipinski definition) is 4. The summed E-state index contributed by atoms with van der Waals surface area (Å²) in [5.74, 6) is 2.56. The first-order valence-electron chi connectivity index (χ1n) is 6.79. The van der Waals surface area contributed by atoms with Crippen molar-refractivity contribution in [3.63, 3.8) is 0 Å². The van der Waals surface area contributed by atoms with Crippen LogP contribution in [-0.4, -0.2) is 26.3 Å². The summed E-state index contributed by atoms with van der Waals surface area (Å²) >= 11 is 0. The van der Waals surface area contributed by atoms with E-state index in [2.05, 4.69) is 40.3 Å². The van der Waals surface area contributed by atoms with Gasteiger partial charge in [-0.25, -0.2) is 14.6 Å². The van der Waals surface area contributed by atoms with Crippen molar-refractivity contribution in [3.8, 4) is 5.82 Å². The summed E-state index contributed by atoms with van der Waals surface area (Å²) in [6, 6.07) is 4.00. The maximum atomic E-state index is 4.60. The van der Waals surface area contributed by atoms with Gasteiger partial charge in [-0.05, 0) is 33.3 Å². The lowest BCUT2D eigenvalue weighted by Gasteiger charge is -2.09. The smallest absolute Gasteiger partial charge is 0.159 e. The van der Waals surface area contributed by atoms with Gasteiger partial charge in [-0.3, -0.25) is 0 Å². The second-order valence-corrected chi connectivity index (χ2v) is 4.65. The second kappa shape index (κ2) is 5.82. The largest absolute Gasteiger partial charge is 0.370 e. The summed E-state index contributed by atoms with van der Waals surface area (Å²) < 4.78 is 1.87. The van der Waals surface area contributed by atoms with Gasteiger partial charge in [-0.1, -0.05) is 6.92 Å². The zero-order valence-electron chi connectivity index (χ0n) is 12.1. The number of anilines is 1. The Bertz CT molecular complexity index is 535. The molecule has 0 spiro atoms. The molecule has 2 aromatic heterocycles. The third-order valence-electron chi connectivity index (χ3n) is 2.82. The first-order chi connectivity index (χ1) is 9.13. The highest BCUT2D eigenvalue weighted by Crippen LogP contribution is 2.14. The van der Waals surface area contributed by atoms with Gasteiger partial charge in [0.05, 0.1) is 5.69 Å². The highest BCUT2D eigenvalue weighted by atomic mass is 15.3. The summed E-state index contributed by atoms with van der Waals surface area (Å²) in [7, 11) is 0. The molecular weight excluding hydrogens is 238 g/mol. The topological polar surface area (TPSA) is 55.6 Å². The molecule has 0 amide bonds. The SMILES string of the molecule is CCCc1nc(NCC)cc(-n2nc(C)cc2C)n1. The molecule has 0 aliphatic rings. The molecule has 5 nitrogen and oxygen atoms in total. The quantitative estimate of drug-likeness (QED) is 0.897. The van der Waals surface area contributed by atoms with E-state index in [1.807, 2.05) is 24.6 Å². The Hall–Kier alpha value is -1.91. The molecule has 1 N–H and O–H groups in total. The van der Waals surface area contributed by atoms with Crippen LogP contribution in [0, 0.1) is 13.8 Å². The van der Waals surface area contributed by atoms with Gasteiger partial charge in [0.2, 0.25) is 0 Å². The Morgan fingerprint density at radius 3 is 2.53 bits per heavy atom. The first kappa shape index (κ1) is 13.5. The lowest BCUT2D eigenvalue weighted by atomic mass is 10.3. The van der Waals surface area contributed by atoms with Crippen molar-refractivity contribution >= 4 is 5.82 Å². The van der Waals surface area contributed by atoms with Crippen molar-refractivity contribution in [3.05, 3.63) is 29.3 Å². The minimum absolute atomic E-state index is 0.833. The predicted octanol–water partition coefficient (Wildman–Crippen LogP) is 2.66. The number of aryl methyl sites for hydroxylation is 3. The van der Waals surface area contributed by atoms with E-state index in [1.54, 1.807) is 0 Å². The minimum Gasteiger partial charge on any atom is -0.370 e. The lowest BCUT2D eigenvalue weighted by molar-refractivity contribution is 0.766. The van der Waals surface area contributed by atoms with Gasteiger partial charge in [-0.2, -0.15) is 5.10 Å². The highest BCUT2D eigenvalue weighted by Gasteiger charge is 2.09. The molecule has 0 aromatic carbocycles. The average molecular weight is 259 g/mol. The van der Waals surface area contributed by atoms with E-state index in [-0.39, 0.29) is 0 Å². The van der Waals surface area contributed by atoms with Crippen LogP contribution in [0.3, 0.4) is 0 Å². The van der Waals surface area contributed by atoms with Crippen molar-refractivity contribution in [2.24, 2.45) is 0 Å². The summed E-state index contributed by atoms with van der Waals surface area (Å²) in [6.45, 7) is 9.06. The average Bonchev–Trinajstić information content (AvgIpc) is 2.69.